The van der Waals surface area contributed by atoms with Gasteiger partial charge in [-0.2, -0.15) is 0 Å². The molecule has 0 radical (unpaired) electrons. The zero-order valence-corrected chi connectivity index (χ0v) is 14.5. The van der Waals surface area contributed by atoms with Gasteiger partial charge in [-0.05, 0) is 44.0 Å². The van der Waals surface area contributed by atoms with E-state index >= 15 is 0 Å². The van der Waals surface area contributed by atoms with E-state index in [2.05, 4.69) is 37.8 Å². The van der Waals surface area contributed by atoms with Gasteiger partial charge in [0.2, 0.25) is 0 Å². The summed E-state index contributed by atoms with van der Waals surface area (Å²) < 4.78 is 5.90. The number of nitrogens with zero attached hydrogens (tertiary/aromatic N) is 2. The number of aryl methyl sites for hydroxylation is 1. The molecule has 0 spiro atoms. The van der Waals surface area contributed by atoms with Crippen molar-refractivity contribution in [3.8, 4) is 0 Å². The van der Waals surface area contributed by atoms with Crippen molar-refractivity contribution in [3.63, 3.8) is 0 Å². The first-order valence-corrected chi connectivity index (χ1v) is 8.93. The number of carbonyl (C=O) groups is 1. The molecule has 1 N–H and O–H groups in total. The molecule has 1 amide bonds. The standard InChI is InChI=1S/C16H18IN3O2/c1-9-18-14-11(3-2-4-12(14)22-9)16(21)19-13-10-5-7-20(8-6-10)15(13)17/h2-4,10,13,15H,5-8H2,1H3,(H,19,21). The normalized spacial score (nSPS) is 30.6. The quantitative estimate of drug-likeness (QED) is 0.469. The minimum atomic E-state index is -0.0423. The molecule has 0 saturated carbocycles. The summed E-state index contributed by atoms with van der Waals surface area (Å²) in [5.41, 5.74) is 1.93. The van der Waals surface area contributed by atoms with Crippen molar-refractivity contribution in [2.75, 3.05) is 13.1 Å². The summed E-state index contributed by atoms with van der Waals surface area (Å²) in [5, 5.41) is 3.25. The second-order valence-corrected chi connectivity index (χ2v) is 7.41. The number of hydrogen-bond donors (Lipinski definition) is 1. The zero-order valence-electron chi connectivity index (χ0n) is 12.4. The second-order valence-electron chi connectivity index (χ2n) is 6.13. The Balaban J connectivity index is 1.61. The van der Waals surface area contributed by atoms with Gasteiger partial charge in [-0.25, -0.2) is 4.98 Å². The highest BCUT2D eigenvalue weighted by Gasteiger charge is 2.41. The number of halogens is 1. The van der Waals surface area contributed by atoms with Crippen molar-refractivity contribution in [2.45, 2.75) is 29.9 Å². The van der Waals surface area contributed by atoms with Crippen LogP contribution in [0.5, 0.6) is 0 Å². The van der Waals surface area contributed by atoms with Gasteiger partial charge in [0, 0.05) is 6.92 Å². The molecule has 3 aliphatic heterocycles. The molecule has 1 aromatic carbocycles. The van der Waals surface area contributed by atoms with Crippen molar-refractivity contribution in [1.29, 1.82) is 0 Å². The smallest absolute Gasteiger partial charge is 0.253 e. The summed E-state index contributed by atoms with van der Waals surface area (Å²) in [6.07, 6.45) is 2.36. The van der Waals surface area contributed by atoms with Crippen molar-refractivity contribution < 1.29 is 9.21 Å². The minimum absolute atomic E-state index is 0.0423. The summed E-state index contributed by atoms with van der Waals surface area (Å²) in [6, 6.07) is 5.74. The molecule has 3 saturated heterocycles. The Kier molecular flexibility index (Phi) is 3.60. The van der Waals surface area contributed by atoms with Gasteiger partial charge < -0.3 is 9.73 Å². The van der Waals surface area contributed by atoms with Crippen LogP contribution in [0, 0.1) is 12.8 Å². The first-order chi connectivity index (χ1) is 10.6. The Bertz CT molecular complexity index is 719. The van der Waals surface area contributed by atoms with Crippen LogP contribution in [0.1, 0.15) is 29.1 Å². The number of fused-ring (bicyclic) bond motifs is 4. The average molecular weight is 411 g/mol. The molecule has 4 heterocycles. The van der Waals surface area contributed by atoms with E-state index in [1.54, 1.807) is 6.92 Å². The number of hydrogen-bond acceptors (Lipinski definition) is 4. The van der Waals surface area contributed by atoms with Gasteiger partial charge in [0.1, 0.15) is 5.52 Å². The molecule has 2 unspecified atom stereocenters. The maximum atomic E-state index is 12.7. The van der Waals surface area contributed by atoms with Crippen LogP contribution in [-0.4, -0.2) is 39.0 Å². The van der Waals surface area contributed by atoms with Crippen LogP contribution in [0.3, 0.4) is 0 Å². The number of rotatable bonds is 2. The largest absolute Gasteiger partial charge is 0.441 e. The fourth-order valence-electron chi connectivity index (χ4n) is 3.64. The Morgan fingerprint density at radius 3 is 2.91 bits per heavy atom. The lowest BCUT2D eigenvalue weighted by Crippen LogP contribution is -2.61. The van der Waals surface area contributed by atoms with E-state index in [9.17, 15) is 4.79 Å². The van der Waals surface area contributed by atoms with Gasteiger partial charge in [0.05, 0.1) is 15.7 Å². The highest BCUT2D eigenvalue weighted by molar-refractivity contribution is 14.1. The molecule has 1 aromatic heterocycles. The lowest BCUT2D eigenvalue weighted by atomic mass is 9.84. The monoisotopic (exact) mass is 411 g/mol. The van der Waals surface area contributed by atoms with E-state index in [4.69, 9.17) is 4.42 Å². The van der Waals surface area contributed by atoms with Gasteiger partial charge in [-0.1, -0.05) is 28.7 Å². The third-order valence-corrected chi connectivity index (χ3v) is 6.36. The number of amides is 1. The predicted octanol–water partition coefficient (Wildman–Crippen LogP) is 2.72. The SMILES string of the molecule is Cc1nc2c(C(=O)NC3C4CCN(CC4)C3I)cccc2o1. The molecule has 5 rings (SSSR count). The summed E-state index contributed by atoms with van der Waals surface area (Å²) in [7, 11) is 0. The second kappa shape index (κ2) is 5.49. The van der Waals surface area contributed by atoms with Gasteiger partial charge in [0.15, 0.2) is 11.5 Å². The van der Waals surface area contributed by atoms with Crippen molar-refractivity contribution in [2.24, 2.45) is 5.92 Å². The maximum Gasteiger partial charge on any atom is 0.253 e. The number of carbonyl (C=O) groups excluding carboxylic acids is 1. The van der Waals surface area contributed by atoms with Crippen LogP contribution in [0.4, 0.5) is 0 Å². The number of para-hydroxylation sites is 1. The fourth-order valence-corrected chi connectivity index (χ4v) is 4.96. The van der Waals surface area contributed by atoms with E-state index in [1.807, 2.05) is 18.2 Å². The van der Waals surface area contributed by atoms with Crippen LogP contribution in [0.2, 0.25) is 0 Å². The van der Waals surface area contributed by atoms with Gasteiger partial charge >= 0.3 is 0 Å². The lowest BCUT2D eigenvalue weighted by Gasteiger charge is -2.48. The topological polar surface area (TPSA) is 58.4 Å². The third-order valence-electron chi connectivity index (χ3n) is 4.80. The van der Waals surface area contributed by atoms with Gasteiger partial charge in [-0.3, -0.25) is 9.69 Å². The molecule has 6 heteroatoms. The summed E-state index contributed by atoms with van der Waals surface area (Å²) in [6.45, 7) is 4.11. The molecule has 3 fully saturated rings. The fraction of sp³-hybridized carbons (Fsp3) is 0.500. The molecule has 0 aliphatic carbocycles. The highest BCUT2D eigenvalue weighted by atomic mass is 127. The summed E-state index contributed by atoms with van der Waals surface area (Å²) >= 11 is 2.46. The predicted molar refractivity (Wildman–Crippen MR) is 92.1 cm³/mol. The van der Waals surface area contributed by atoms with Crippen LogP contribution in [0.25, 0.3) is 11.1 Å². The van der Waals surface area contributed by atoms with Crippen molar-refractivity contribution >= 4 is 39.6 Å². The van der Waals surface area contributed by atoms with Crippen LogP contribution < -0.4 is 5.32 Å². The number of nitrogens with one attached hydrogen (secondary N) is 1. The summed E-state index contributed by atoms with van der Waals surface area (Å²) in [5.74, 6) is 1.14. The Morgan fingerprint density at radius 1 is 1.41 bits per heavy atom. The third kappa shape index (κ3) is 2.32. The summed E-state index contributed by atoms with van der Waals surface area (Å²) in [4.78, 5) is 19.6. The molecule has 22 heavy (non-hydrogen) atoms. The number of aromatic nitrogens is 1. The van der Waals surface area contributed by atoms with Crippen LogP contribution in [-0.2, 0) is 0 Å². The van der Waals surface area contributed by atoms with Crippen LogP contribution in [0.15, 0.2) is 22.6 Å². The molecule has 116 valence electrons. The minimum Gasteiger partial charge on any atom is -0.441 e. The van der Waals surface area contributed by atoms with E-state index in [1.165, 1.54) is 12.8 Å². The van der Waals surface area contributed by atoms with Gasteiger partial charge in [-0.15, -0.1) is 0 Å². The molecule has 3 aliphatic rings. The van der Waals surface area contributed by atoms with E-state index < -0.39 is 0 Å². The Hall–Kier alpha value is -1.15. The van der Waals surface area contributed by atoms with Crippen molar-refractivity contribution in [3.05, 3.63) is 29.7 Å². The number of benzene rings is 1. The number of oxazole rings is 1. The number of piperidine rings is 3. The molecule has 2 bridgehead atoms. The molecular weight excluding hydrogens is 393 g/mol. The zero-order chi connectivity index (χ0) is 15.3. The van der Waals surface area contributed by atoms with Crippen LogP contribution >= 0.6 is 22.6 Å². The Morgan fingerprint density at radius 2 is 2.18 bits per heavy atom. The molecular formula is C16H18IN3O2. The van der Waals surface area contributed by atoms with E-state index in [0.29, 0.717) is 32.5 Å². The first kappa shape index (κ1) is 14.4. The highest BCUT2D eigenvalue weighted by Crippen LogP contribution is 2.35. The van der Waals surface area contributed by atoms with Crippen molar-refractivity contribution in [1.82, 2.24) is 15.2 Å². The van der Waals surface area contributed by atoms with Gasteiger partial charge in [0.25, 0.3) is 5.91 Å². The van der Waals surface area contributed by atoms with E-state index in [0.717, 1.165) is 13.1 Å². The maximum absolute atomic E-state index is 12.7. The first-order valence-electron chi connectivity index (χ1n) is 7.68. The molecule has 2 aromatic rings. The lowest BCUT2D eigenvalue weighted by molar-refractivity contribution is 0.0554. The average Bonchev–Trinajstić information content (AvgIpc) is 2.91. The molecule has 2 atom stereocenters. The van der Waals surface area contributed by atoms with E-state index in [-0.39, 0.29) is 11.9 Å². The Labute approximate surface area is 142 Å². The molecule has 5 nitrogen and oxygen atoms in total. The number of alkyl halides is 1.